The van der Waals surface area contributed by atoms with Crippen molar-refractivity contribution in [3.8, 4) is 11.5 Å². The third-order valence-electron chi connectivity index (χ3n) is 5.50. The summed E-state index contributed by atoms with van der Waals surface area (Å²) in [4.78, 5) is 28.4. The Bertz CT molecular complexity index is 1180. The molecule has 0 saturated heterocycles. The largest absolute Gasteiger partial charge is 0.493 e. The average Bonchev–Trinajstić information content (AvgIpc) is 3.40. The van der Waals surface area contributed by atoms with E-state index in [0.29, 0.717) is 51.3 Å². The normalized spacial score (nSPS) is 11.1. The summed E-state index contributed by atoms with van der Waals surface area (Å²) >= 11 is 7.87. The number of thiophene rings is 1. The number of hydrogen-bond donors (Lipinski definition) is 2. The van der Waals surface area contributed by atoms with Crippen LogP contribution in [0.2, 0.25) is 5.02 Å². The number of methoxy groups -OCH3 is 2. The molecule has 0 saturated carbocycles. The molecule has 2 amide bonds. The molecular formula is C26H30ClN3O4S. The van der Waals surface area contributed by atoms with Crippen LogP contribution in [0.25, 0.3) is 0 Å². The van der Waals surface area contributed by atoms with Crippen LogP contribution in [0.3, 0.4) is 0 Å². The second kappa shape index (κ2) is 11.6. The number of carbonyl (C=O) groups excluding carboxylic acids is 2. The van der Waals surface area contributed by atoms with E-state index in [0.717, 1.165) is 0 Å². The molecule has 35 heavy (non-hydrogen) atoms. The minimum Gasteiger partial charge on any atom is -0.493 e. The molecule has 1 aromatic heterocycles. The van der Waals surface area contributed by atoms with Crippen LogP contribution in [0.15, 0.2) is 53.9 Å². The van der Waals surface area contributed by atoms with E-state index in [2.05, 4.69) is 5.32 Å². The highest BCUT2D eigenvalue weighted by Crippen LogP contribution is 2.30. The lowest BCUT2D eigenvalue weighted by Crippen LogP contribution is -2.41. The Labute approximate surface area is 214 Å². The topological polar surface area (TPSA) is 93.9 Å². The maximum absolute atomic E-state index is 13.6. The van der Waals surface area contributed by atoms with Crippen LogP contribution in [0, 0.1) is 5.41 Å². The van der Waals surface area contributed by atoms with E-state index in [1.807, 2.05) is 25.3 Å². The number of carbonyl (C=O) groups is 2. The fourth-order valence-electron chi connectivity index (χ4n) is 3.51. The number of nitrogens with one attached hydrogen (secondary N) is 1. The van der Waals surface area contributed by atoms with Gasteiger partial charge in [0.15, 0.2) is 11.5 Å². The zero-order valence-corrected chi connectivity index (χ0v) is 21.8. The Morgan fingerprint density at radius 2 is 1.83 bits per heavy atom. The molecule has 3 N–H and O–H groups in total. The van der Waals surface area contributed by atoms with Crippen LogP contribution in [-0.4, -0.2) is 44.0 Å². The van der Waals surface area contributed by atoms with Crippen molar-refractivity contribution < 1.29 is 19.1 Å². The van der Waals surface area contributed by atoms with E-state index >= 15 is 0 Å². The van der Waals surface area contributed by atoms with E-state index < -0.39 is 0 Å². The third-order valence-corrected chi connectivity index (χ3v) is 6.74. The van der Waals surface area contributed by atoms with Crippen LogP contribution in [0.5, 0.6) is 11.5 Å². The van der Waals surface area contributed by atoms with Gasteiger partial charge in [-0.3, -0.25) is 9.59 Å². The highest BCUT2D eigenvalue weighted by molar-refractivity contribution is 7.12. The Morgan fingerprint density at radius 3 is 2.46 bits per heavy atom. The van der Waals surface area contributed by atoms with E-state index in [4.69, 9.17) is 26.8 Å². The molecule has 0 radical (unpaired) electrons. The van der Waals surface area contributed by atoms with Gasteiger partial charge in [0.05, 0.1) is 19.1 Å². The molecule has 0 unspecified atom stereocenters. The number of amides is 2. The van der Waals surface area contributed by atoms with Crippen molar-refractivity contribution in [2.75, 3.05) is 32.6 Å². The molecular weight excluding hydrogens is 486 g/mol. The second-order valence-corrected chi connectivity index (χ2v) is 10.2. The molecule has 0 aliphatic carbocycles. The standard InChI is InChI=1S/C26H30ClN3O4S/c1-26(2,15-28)16-30(25(32)17-7-10-21(33-3)22(13-17)34-4)14-18-12-19(8-9-20(18)27)29-24(31)23-6-5-11-35-23/h5-13H,14-16,28H2,1-4H3,(H,29,31). The lowest BCUT2D eigenvalue weighted by Gasteiger charge is -2.32. The first-order valence-electron chi connectivity index (χ1n) is 11.0. The van der Waals surface area contributed by atoms with Gasteiger partial charge < -0.3 is 25.4 Å². The van der Waals surface area contributed by atoms with Crippen LogP contribution in [0.1, 0.15) is 39.4 Å². The number of benzene rings is 2. The summed E-state index contributed by atoms with van der Waals surface area (Å²) < 4.78 is 10.7. The molecule has 3 rings (SSSR count). The number of rotatable bonds is 10. The Morgan fingerprint density at radius 1 is 1.09 bits per heavy atom. The molecule has 0 aliphatic heterocycles. The van der Waals surface area contributed by atoms with Gasteiger partial charge in [0, 0.05) is 29.4 Å². The number of nitrogens with two attached hydrogens (primary N) is 1. The first kappa shape index (κ1) is 26.5. The summed E-state index contributed by atoms with van der Waals surface area (Å²) in [7, 11) is 3.07. The number of anilines is 1. The first-order valence-corrected chi connectivity index (χ1v) is 12.3. The van der Waals surface area contributed by atoms with Gasteiger partial charge in [-0.1, -0.05) is 31.5 Å². The monoisotopic (exact) mass is 515 g/mol. The van der Waals surface area contributed by atoms with E-state index in [9.17, 15) is 9.59 Å². The SMILES string of the molecule is COc1ccc(C(=O)N(Cc2cc(NC(=O)c3cccs3)ccc2Cl)CC(C)(C)CN)cc1OC. The molecule has 7 nitrogen and oxygen atoms in total. The van der Waals surface area contributed by atoms with Crippen LogP contribution in [-0.2, 0) is 6.54 Å². The zero-order chi connectivity index (χ0) is 25.6. The van der Waals surface area contributed by atoms with Crippen molar-refractivity contribution in [3.05, 3.63) is 74.9 Å². The Kier molecular flexibility index (Phi) is 8.77. The molecule has 0 fully saturated rings. The molecule has 1 heterocycles. The summed E-state index contributed by atoms with van der Waals surface area (Å²) in [5.74, 6) is 0.607. The Hall–Kier alpha value is -3.07. The minimum absolute atomic E-state index is 0.198. The molecule has 3 aromatic rings. The summed E-state index contributed by atoms with van der Waals surface area (Å²) in [6, 6.07) is 13.9. The first-order chi connectivity index (χ1) is 16.7. The van der Waals surface area contributed by atoms with Crippen molar-refractivity contribution in [1.82, 2.24) is 4.90 Å². The Balaban J connectivity index is 1.90. The van der Waals surface area contributed by atoms with Gasteiger partial charge in [-0.15, -0.1) is 11.3 Å². The van der Waals surface area contributed by atoms with Gasteiger partial charge in [-0.2, -0.15) is 0 Å². The van der Waals surface area contributed by atoms with Gasteiger partial charge in [-0.25, -0.2) is 0 Å². The number of ether oxygens (including phenoxy) is 2. The highest BCUT2D eigenvalue weighted by atomic mass is 35.5. The predicted molar refractivity (Wildman–Crippen MR) is 141 cm³/mol. The quantitative estimate of drug-likeness (QED) is 0.382. The van der Waals surface area contributed by atoms with E-state index in [1.165, 1.54) is 18.4 Å². The third kappa shape index (κ3) is 6.75. The van der Waals surface area contributed by atoms with Gasteiger partial charge in [0.2, 0.25) is 0 Å². The van der Waals surface area contributed by atoms with Gasteiger partial charge in [-0.05, 0) is 65.4 Å². The van der Waals surface area contributed by atoms with Crippen LogP contribution < -0.4 is 20.5 Å². The number of halogens is 1. The predicted octanol–water partition coefficient (Wildman–Crippen LogP) is 5.30. The van der Waals surface area contributed by atoms with Gasteiger partial charge >= 0.3 is 0 Å². The van der Waals surface area contributed by atoms with Crippen molar-refractivity contribution in [1.29, 1.82) is 0 Å². The summed E-state index contributed by atoms with van der Waals surface area (Å²) in [6.07, 6.45) is 0. The molecule has 9 heteroatoms. The fourth-order valence-corrected chi connectivity index (χ4v) is 4.31. The molecule has 186 valence electrons. The zero-order valence-electron chi connectivity index (χ0n) is 20.3. The molecule has 0 aliphatic rings. The van der Waals surface area contributed by atoms with Gasteiger partial charge in [0.1, 0.15) is 0 Å². The fraction of sp³-hybridized carbons (Fsp3) is 0.308. The highest BCUT2D eigenvalue weighted by Gasteiger charge is 2.26. The maximum Gasteiger partial charge on any atom is 0.265 e. The van der Waals surface area contributed by atoms with Crippen molar-refractivity contribution >= 4 is 40.4 Å². The van der Waals surface area contributed by atoms with Crippen molar-refractivity contribution in [2.24, 2.45) is 11.1 Å². The molecule has 0 atom stereocenters. The van der Waals surface area contributed by atoms with Crippen molar-refractivity contribution in [2.45, 2.75) is 20.4 Å². The lowest BCUT2D eigenvalue weighted by atomic mass is 9.92. The molecule has 0 bridgehead atoms. The molecule has 2 aromatic carbocycles. The smallest absolute Gasteiger partial charge is 0.265 e. The number of hydrogen-bond acceptors (Lipinski definition) is 6. The molecule has 0 spiro atoms. The maximum atomic E-state index is 13.6. The minimum atomic E-state index is -0.330. The average molecular weight is 516 g/mol. The summed E-state index contributed by atoms with van der Waals surface area (Å²) in [5, 5.41) is 5.23. The summed E-state index contributed by atoms with van der Waals surface area (Å²) in [5.41, 5.74) is 7.40. The van der Waals surface area contributed by atoms with E-state index in [1.54, 1.807) is 54.5 Å². The van der Waals surface area contributed by atoms with Crippen LogP contribution in [0.4, 0.5) is 5.69 Å². The van der Waals surface area contributed by atoms with Crippen LogP contribution >= 0.6 is 22.9 Å². The summed E-state index contributed by atoms with van der Waals surface area (Å²) in [6.45, 7) is 5.03. The second-order valence-electron chi connectivity index (χ2n) is 8.84. The van der Waals surface area contributed by atoms with Gasteiger partial charge in [0.25, 0.3) is 11.8 Å². The number of nitrogens with zero attached hydrogens (tertiary/aromatic N) is 1. The van der Waals surface area contributed by atoms with Crippen molar-refractivity contribution in [3.63, 3.8) is 0 Å². The lowest BCUT2D eigenvalue weighted by molar-refractivity contribution is 0.0673. The van der Waals surface area contributed by atoms with E-state index in [-0.39, 0.29) is 23.8 Å².